The van der Waals surface area contributed by atoms with Crippen LogP contribution in [-0.4, -0.2) is 80.8 Å². The van der Waals surface area contributed by atoms with Gasteiger partial charge in [0, 0.05) is 6.42 Å². The molecule has 0 aromatic carbocycles. The minimum atomic E-state index is -1.93. The van der Waals surface area contributed by atoms with E-state index in [0.29, 0.717) is 18.8 Å². The molecule has 27 heavy (non-hydrogen) atoms. The largest absolute Gasteiger partial charge is 0.467 e. The molecule has 1 unspecified atom stereocenters. The molecule has 1 aliphatic heterocycles. The van der Waals surface area contributed by atoms with Gasteiger partial charge in [-0.25, -0.2) is 4.79 Å². The Kier molecular flexibility index (Phi) is 6.61. The summed E-state index contributed by atoms with van der Waals surface area (Å²) in [7, 11) is 1.16. The topological polar surface area (TPSA) is 137 Å². The van der Waals surface area contributed by atoms with Gasteiger partial charge in [0.1, 0.15) is 23.9 Å². The zero-order valence-electron chi connectivity index (χ0n) is 16.6. The predicted octanol–water partition coefficient (Wildman–Crippen LogP) is -0.270. The summed E-state index contributed by atoms with van der Waals surface area (Å²) < 4.78 is 10.7. The van der Waals surface area contributed by atoms with E-state index in [1.165, 1.54) is 0 Å². The number of esters is 1. The average molecular weight is 390 g/mol. The predicted molar refractivity (Wildman–Crippen MR) is 95.7 cm³/mol. The van der Waals surface area contributed by atoms with Crippen LogP contribution in [0.1, 0.15) is 52.9 Å². The summed E-state index contributed by atoms with van der Waals surface area (Å²) in [6.07, 6.45) is -4.39. The second-order valence-corrected chi connectivity index (χ2v) is 9.08. The zero-order chi connectivity index (χ0) is 20.6. The number of aliphatic hydroxyl groups is 5. The van der Waals surface area contributed by atoms with Gasteiger partial charge >= 0.3 is 5.97 Å². The number of hydrogen-bond acceptors (Lipinski definition) is 8. The molecule has 0 aromatic heterocycles. The van der Waals surface area contributed by atoms with Crippen molar-refractivity contribution in [2.75, 3.05) is 13.7 Å². The number of ether oxygens (including phenoxy) is 2. The van der Waals surface area contributed by atoms with Gasteiger partial charge in [0.15, 0.2) is 5.60 Å². The van der Waals surface area contributed by atoms with E-state index in [1.807, 2.05) is 0 Å². The van der Waals surface area contributed by atoms with Gasteiger partial charge in [0.2, 0.25) is 0 Å². The maximum absolute atomic E-state index is 12.7. The molecular weight excluding hydrogens is 356 g/mol. The smallest absolute Gasteiger partial charge is 0.341 e. The fraction of sp³-hybridized carbons (Fsp3) is 0.947. The second-order valence-electron chi connectivity index (χ2n) is 9.08. The molecule has 5 N–H and O–H groups in total. The Labute approximate surface area is 160 Å². The molecule has 2 aliphatic rings. The lowest BCUT2D eigenvalue weighted by molar-refractivity contribution is -0.296. The van der Waals surface area contributed by atoms with Crippen LogP contribution >= 0.6 is 0 Å². The highest BCUT2D eigenvalue weighted by Gasteiger charge is 2.64. The van der Waals surface area contributed by atoms with Gasteiger partial charge < -0.3 is 35.0 Å². The van der Waals surface area contributed by atoms with Crippen molar-refractivity contribution >= 4 is 5.97 Å². The van der Waals surface area contributed by atoms with Gasteiger partial charge in [-0.15, -0.1) is 0 Å². The van der Waals surface area contributed by atoms with Crippen LogP contribution in [0.2, 0.25) is 0 Å². The third kappa shape index (κ3) is 4.02. The molecule has 158 valence electrons. The average Bonchev–Trinajstić information content (AvgIpc) is 2.61. The van der Waals surface area contributed by atoms with Gasteiger partial charge in [-0.05, 0) is 37.0 Å². The third-order valence-corrected chi connectivity index (χ3v) is 6.44. The fourth-order valence-electron chi connectivity index (χ4n) is 4.55. The van der Waals surface area contributed by atoms with E-state index in [-0.39, 0.29) is 24.7 Å². The summed E-state index contributed by atoms with van der Waals surface area (Å²) in [6, 6.07) is 0. The first-order chi connectivity index (χ1) is 12.4. The summed E-state index contributed by atoms with van der Waals surface area (Å²) in [5.41, 5.74) is -3.49. The van der Waals surface area contributed by atoms with Crippen molar-refractivity contribution in [2.45, 2.75) is 88.5 Å². The molecule has 5 atom stereocenters. The van der Waals surface area contributed by atoms with E-state index in [4.69, 9.17) is 9.47 Å². The fourth-order valence-corrected chi connectivity index (χ4v) is 4.55. The molecule has 1 saturated carbocycles. The van der Waals surface area contributed by atoms with Crippen molar-refractivity contribution < 1.29 is 39.8 Å². The number of rotatable bonds is 4. The first-order valence-corrected chi connectivity index (χ1v) is 9.55. The van der Waals surface area contributed by atoms with Gasteiger partial charge in [-0.1, -0.05) is 20.8 Å². The third-order valence-electron chi connectivity index (χ3n) is 6.44. The Morgan fingerprint density at radius 3 is 2.26 bits per heavy atom. The van der Waals surface area contributed by atoms with E-state index in [2.05, 4.69) is 20.8 Å². The van der Waals surface area contributed by atoms with Crippen molar-refractivity contribution in [1.29, 1.82) is 0 Å². The van der Waals surface area contributed by atoms with E-state index < -0.39 is 48.2 Å². The molecule has 2 rings (SSSR count). The molecule has 2 fully saturated rings. The molecule has 0 bridgehead atoms. The molecule has 1 saturated heterocycles. The highest BCUT2D eigenvalue weighted by molar-refractivity contribution is 5.81. The maximum atomic E-state index is 12.7. The molecule has 1 heterocycles. The second kappa shape index (κ2) is 7.93. The van der Waals surface area contributed by atoms with Crippen molar-refractivity contribution in [2.24, 2.45) is 11.3 Å². The Morgan fingerprint density at radius 2 is 1.81 bits per heavy atom. The minimum Gasteiger partial charge on any atom is -0.467 e. The van der Waals surface area contributed by atoms with Crippen LogP contribution in [0, 0.1) is 11.3 Å². The Balaban J connectivity index is 2.38. The van der Waals surface area contributed by atoms with E-state index in [1.54, 1.807) is 0 Å². The molecule has 1 aliphatic carbocycles. The minimum absolute atomic E-state index is 0.0541. The Bertz CT molecular complexity index is 522. The monoisotopic (exact) mass is 390 g/mol. The molecule has 8 nitrogen and oxygen atoms in total. The molecular formula is C19H34O8. The molecule has 0 radical (unpaired) electrons. The summed E-state index contributed by atoms with van der Waals surface area (Å²) in [6.45, 7) is 5.66. The summed E-state index contributed by atoms with van der Waals surface area (Å²) in [4.78, 5) is 12.7. The summed E-state index contributed by atoms with van der Waals surface area (Å²) in [5.74, 6) is -0.509. The van der Waals surface area contributed by atoms with Gasteiger partial charge in [-0.3, -0.25) is 0 Å². The SMILES string of the molecule is COC(=O)[C@]1(C2(O)CCC(C(C)(C)C)CC2)C[C@@H](O)[C@@H](O)C([C@@H](O)CO)O1. The maximum Gasteiger partial charge on any atom is 0.341 e. The number of methoxy groups -OCH3 is 1. The zero-order valence-corrected chi connectivity index (χ0v) is 16.6. The van der Waals surface area contributed by atoms with Crippen LogP contribution in [0.5, 0.6) is 0 Å². The lowest BCUT2D eigenvalue weighted by Crippen LogP contribution is -2.71. The molecule has 0 amide bonds. The van der Waals surface area contributed by atoms with Crippen LogP contribution in [0.25, 0.3) is 0 Å². The number of carbonyl (C=O) groups excluding carboxylic acids is 1. The summed E-state index contributed by atoms with van der Waals surface area (Å²) >= 11 is 0. The normalized spacial score (nSPS) is 41.8. The quantitative estimate of drug-likeness (QED) is 0.414. The van der Waals surface area contributed by atoms with E-state index in [0.717, 1.165) is 7.11 Å². The van der Waals surface area contributed by atoms with Crippen LogP contribution in [0.3, 0.4) is 0 Å². The first kappa shape index (κ1) is 22.5. The van der Waals surface area contributed by atoms with Crippen molar-refractivity contribution in [1.82, 2.24) is 0 Å². The van der Waals surface area contributed by atoms with Gasteiger partial charge in [0.05, 0.1) is 19.8 Å². The molecule has 0 aromatic rings. The highest BCUT2D eigenvalue weighted by Crippen LogP contribution is 2.50. The van der Waals surface area contributed by atoms with Crippen LogP contribution < -0.4 is 0 Å². The van der Waals surface area contributed by atoms with Gasteiger partial charge in [-0.2, -0.15) is 0 Å². The van der Waals surface area contributed by atoms with Crippen LogP contribution in [0.15, 0.2) is 0 Å². The standard InChI is InChI=1S/C19H34O8/c1-17(2,3)11-5-7-18(25,8-6-11)19(16(24)26-4)9-12(21)14(23)15(27-19)13(22)10-20/h11-15,20-23,25H,5-10H2,1-4H3/t11?,12-,13+,14-,15?,18?,19+/m1/s1. The summed E-state index contributed by atoms with van der Waals surface area (Å²) in [5, 5.41) is 51.2. The number of aliphatic hydroxyl groups excluding tert-OH is 4. The van der Waals surface area contributed by atoms with E-state index >= 15 is 0 Å². The molecule has 0 spiro atoms. The molecule has 8 heteroatoms. The van der Waals surface area contributed by atoms with Crippen molar-refractivity contribution in [3.8, 4) is 0 Å². The Morgan fingerprint density at radius 1 is 1.26 bits per heavy atom. The first-order valence-electron chi connectivity index (χ1n) is 9.55. The lowest BCUT2D eigenvalue weighted by Gasteiger charge is -2.54. The number of hydrogen-bond donors (Lipinski definition) is 5. The van der Waals surface area contributed by atoms with Crippen molar-refractivity contribution in [3.05, 3.63) is 0 Å². The van der Waals surface area contributed by atoms with Crippen molar-refractivity contribution in [3.63, 3.8) is 0 Å². The Hall–Kier alpha value is -0.770. The number of carbonyl (C=O) groups is 1. The highest BCUT2D eigenvalue weighted by atomic mass is 16.6. The van der Waals surface area contributed by atoms with Crippen LogP contribution in [-0.2, 0) is 14.3 Å². The van der Waals surface area contributed by atoms with Gasteiger partial charge in [0.25, 0.3) is 0 Å². The van der Waals surface area contributed by atoms with E-state index in [9.17, 15) is 30.3 Å². The lowest BCUT2D eigenvalue weighted by atomic mass is 9.62. The van der Waals surface area contributed by atoms with Crippen LogP contribution in [0.4, 0.5) is 0 Å².